The Labute approximate surface area is 88.2 Å². The van der Waals surface area contributed by atoms with Crippen molar-refractivity contribution in [3.8, 4) is 0 Å². The highest BCUT2D eigenvalue weighted by Crippen LogP contribution is 2.33. The van der Waals surface area contributed by atoms with Gasteiger partial charge < -0.3 is 4.74 Å². The Balaban J connectivity index is 2.03. The molecular formula is C11H14N2O2. The first kappa shape index (κ1) is 9.09. The quantitative estimate of drug-likeness (QED) is 0.693. The van der Waals surface area contributed by atoms with Crippen LogP contribution in [0.25, 0.3) is 0 Å². The lowest BCUT2D eigenvalue weighted by molar-refractivity contribution is 0.110. The number of hydrogen-bond donors (Lipinski definition) is 0. The van der Waals surface area contributed by atoms with Crippen molar-refractivity contribution >= 4 is 6.29 Å². The summed E-state index contributed by atoms with van der Waals surface area (Å²) >= 11 is 0. The second kappa shape index (κ2) is 3.45. The fourth-order valence-electron chi connectivity index (χ4n) is 2.63. The molecule has 4 heteroatoms. The third kappa shape index (κ3) is 1.32. The van der Waals surface area contributed by atoms with E-state index in [4.69, 9.17) is 4.74 Å². The molecule has 0 bridgehead atoms. The van der Waals surface area contributed by atoms with Crippen molar-refractivity contribution in [2.24, 2.45) is 0 Å². The summed E-state index contributed by atoms with van der Waals surface area (Å²) in [5.74, 6) is 0. The normalized spacial score (nSPS) is 20.8. The lowest BCUT2D eigenvalue weighted by atomic mass is 10.2. The lowest BCUT2D eigenvalue weighted by Crippen LogP contribution is -2.10. The molecule has 2 heterocycles. The van der Waals surface area contributed by atoms with Crippen molar-refractivity contribution in [3.63, 3.8) is 0 Å². The predicted octanol–water partition coefficient (Wildman–Crippen LogP) is 1.84. The third-order valence-corrected chi connectivity index (χ3v) is 3.42. The van der Waals surface area contributed by atoms with Crippen molar-refractivity contribution in [2.75, 3.05) is 0 Å². The first-order chi connectivity index (χ1) is 7.40. The fourth-order valence-corrected chi connectivity index (χ4v) is 2.63. The lowest BCUT2D eigenvalue weighted by Gasteiger charge is -2.12. The van der Waals surface area contributed by atoms with E-state index >= 15 is 0 Å². The van der Waals surface area contributed by atoms with Crippen LogP contribution in [-0.4, -0.2) is 16.1 Å². The van der Waals surface area contributed by atoms with Crippen molar-refractivity contribution in [1.82, 2.24) is 9.78 Å². The Bertz CT molecular complexity index is 392. The molecule has 1 fully saturated rings. The highest BCUT2D eigenvalue weighted by atomic mass is 16.5. The van der Waals surface area contributed by atoms with Gasteiger partial charge in [0.1, 0.15) is 5.69 Å². The van der Waals surface area contributed by atoms with Crippen LogP contribution < -0.4 is 0 Å². The maximum Gasteiger partial charge on any atom is 0.170 e. The smallest absolute Gasteiger partial charge is 0.170 e. The molecule has 1 aromatic heterocycles. The summed E-state index contributed by atoms with van der Waals surface area (Å²) in [6.45, 7) is 1.17. The van der Waals surface area contributed by atoms with E-state index in [0.29, 0.717) is 24.9 Å². The molecule has 0 radical (unpaired) electrons. The van der Waals surface area contributed by atoms with Crippen LogP contribution in [0.4, 0.5) is 0 Å². The van der Waals surface area contributed by atoms with Crippen LogP contribution in [0.2, 0.25) is 0 Å². The van der Waals surface area contributed by atoms with E-state index in [-0.39, 0.29) is 0 Å². The number of ether oxygens (including phenoxy) is 1. The zero-order chi connectivity index (χ0) is 10.3. The highest BCUT2D eigenvalue weighted by molar-refractivity contribution is 5.74. The molecule has 1 saturated carbocycles. The van der Waals surface area contributed by atoms with E-state index in [1.165, 1.54) is 25.7 Å². The van der Waals surface area contributed by atoms with E-state index in [9.17, 15) is 4.79 Å². The van der Waals surface area contributed by atoms with Gasteiger partial charge in [-0.1, -0.05) is 12.8 Å². The molecule has 3 rings (SSSR count). The zero-order valence-corrected chi connectivity index (χ0v) is 8.61. The van der Waals surface area contributed by atoms with Crippen molar-refractivity contribution in [1.29, 1.82) is 0 Å². The average molecular weight is 206 g/mol. The minimum absolute atomic E-state index is 0.495. The maximum absolute atomic E-state index is 10.9. The topological polar surface area (TPSA) is 44.1 Å². The number of hydrogen-bond acceptors (Lipinski definition) is 3. The molecular weight excluding hydrogens is 192 g/mol. The summed E-state index contributed by atoms with van der Waals surface area (Å²) < 4.78 is 7.42. The predicted molar refractivity (Wildman–Crippen MR) is 53.6 cm³/mol. The van der Waals surface area contributed by atoms with Gasteiger partial charge in [-0.3, -0.25) is 9.48 Å². The SMILES string of the molecule is O=Cc1nn(C2CCCC2)c2c1COC2. The Morgan fingerprint density at radius 3 is 2.87 bits per heavy atom. The zero-order valence-electron chi connectivity index (χ0n) is 8.61. The van der Waals surface area contributed by atoms with Gasteiger partial charge in [0.2, 0.25) is 0 Å². The van der Waals surface area contributed by atoms with Gasteiger partial charge in [-0.2, -0.15) is 5.10 Å². The molecule has 0 N–H and O–H groups in total. The van der Waals surface area contributed by atoms with Crippen LogP contribution in [0.3, 0.4) is 0 Å². The molecule has 0 saturated heterocycles. The molecule has 2 aliphatic rings. The van der Waals surface area contributed by atoms with Gasteiger partial charge >= 0.3 is 0 Å². The van der Waals surface area contributed by atoms with Crippen LogP contribution in [0.15, 0.2) is 0 Å². The fraction of sp³-hybridized carbons (Fsp3) is 0.636. The number of nitrogens with zero attached hydrogens (tertiary/aromatic N) is 2. The van der Waals surface area contributed by atoms with E-state index in [0.717, 1.165) is 17.5 Å². The van der Waals surface area contributed by atoms with Gasteiger partial charge in [-0.15, -0.1) is 0 Å². The standard InChI is InChI=1S/C11H14N2O2/c14-5-10-9-6-15-7-11(9)13(12-10)8-3-1-2-4-8/h5,8H,1-4,6-7H2. The minimum atomic E-state index is 0.495. The van der Waals surface area contributed by atoms with Crippen LogP contribution in [0.1, 0.15) is 53.5 Å². The first-order valence-electron chi connectivity index (χ1n) is 5.53. The summed E-state index contributed by atoms with van der Waals surface area (Å²) in [6.07, 6.45) is 5.77. The molecule has 0 spiro atoms. The third-order valence-electron chi connectivity index (χ3n) is 3.42. The summed E-state index contributed by atoms with van der Waals surface area (Å²) in [7, 11) is 0. The number of fused-ring (bicyclic) bond motifs is 1. The van der Waals surface area contributed by atoms with E-state index in [1.807, 2.05) is 4.68 Å². The van der Waals surface area contributed by atoms with Crippen molar-refractivity contribution in [2.45, 2.75) is 44.9 Å². The van der Waals surface area contributed by atoms with E-state index in [2.05, 4.69) is 5.10 Å². The average Bonchev–Trinajstić information content (AvgIpc) is 2.94. The molecule has 15 heavy (non-hydrogen) atoms. The maximum atomic E-state index is 10.9. The molecule has 80 valence electrons. The van der Waals surface area contributed by atoms with E-state index < -0.39 is 0 Å². The molecule has 0 unspecified atom stereocenters. The Morgan fingerprint density at radius 2 is 2.13 bits per heavy atom. The molecule has 0 aromatic carbocycles. The van der Waals surface area contributed by atoms with E-state index in [1.54, 1.807) is 0 Å². The van der Waals surface area contributed by atoms with Crippen molar-refractivity contribution < 1.29 is 9.53 Å². The molecule has 0 atom stereocenters. The largest absolute Gasteiger partial charge is 0.370 e. The van der Waals surface area contributed by atoms with Crippen LogP contribution in [-0.2, 0) is 18.0 Å². The monoisotopic (exact) mass is 206 g/mol. The summed E-state index contributed by atoms with van der Waals surface area (Å²) in [6, 6.07) is 0.495. The number of carbonyl (C=O) groups is 1. The Kier molecular flexibility index (Phi) is 2.09. The van der Waals surface area contributed by atoms with Gasteiger partial charge in [0.15, 0.2) is 6.29 Å². The minimum Gasteiger partial charge on any atom is -0.370 e. The van der Waals surface area contributed by atoms with Gasteiger partial charge in [0, 0.05) is 5.56 Å². The van der Waals surface area contributed by atoms with Crippen LogP contribution in [0.5, 0.6) is 0 Å². The summed E-state index contributed by atoms with van der Waals surface area (Å²) in [5, 5.41) is 4.40. The second-order valence-electron chi connectivity index (χ2n) is 4.30. The number of carbonyl (C=O) groups excluding carboxylic acids is 1. The van der Waals surface area contributed by atoms with Crippen molar-refractivity contribution in [3.05, 3.63) is 17.0 Å². The number of rotatable bonds is 2. The molecule has 1 aromatic rings. The van der Waals surface area contributed by atoms with Gasteiger partial charge in [-0.05, 0) is 12.8 Å². The van der Waals surface area contributed by atoms with Crippen LogP contribution >= 0.6 is 0 Å². The highest BCUT2D eigenvalue weighted by Gasteiger charge is 2.27. The number of aldehydes is 1. The Hall–Kier alpha value is -1.16. The van der Waals surface area contributed by atoms with Gasteiger partial charge in [0.25, 0.3) is 0 Å². The summed E-state index contributed by atoms with van der Waals surface area (Å²) in [5.41, 5.74) is 2.72. The van der Waals surface area contributed by atoms with Crippen LogP contribution in [0, 0.1) is 0 Å². The molecule has 4 nitrogen and oxygen atoms in total. The molecule has 1 aliphatic heterocycles. The van der Waals surface area contributed by atoms with Gasteiger partial charge in [-0.25, -0.2) is 0 Å². The first-order valence-corrected chi connectivity index (χ1v) is 5.53. The van der Waals surface area contributed by atoms with Gasteiger partial charge in [0.05, 0.1) is 24.9 Å². The molecule has 0 amide bonds. The number of aromatic nitrogens is 2. The molecule has 1 aliphatic carbocycles. The Morgan fingerprint density at radius 1 is 1.33 bits per heavy atom. The second-order valence-corrected chi connectivity index (χ2v) is 4.30. The summed E-state index contributed by atoms with van der Waals surface area (Å²) in [4.78, 5) is 10.9.